The molecular formula is C23H24FN5O4S. The van der Waals surface area contributed by atoms with E-state index in [2.05, 4.69) is 19.9 Å². The van der Waals surface area contributed by atoms with Crippen LogP contribution in [0.4, 0.5) is 15.8 Å². The summed E-state index contributed by atoms with van der Waals surface area (Å²) in [6.07, 6.45) is 4.80. The van der Waals surface area contributed by atoms with Crippen LogP contribution < -0.4 is 19.7 Å². The molecule has 3 aromatic rings. The number of anilines is 2. The average molecular weight is 486 g/mol. The normalized spacial score (nSPS) is 21.1. The Labute approximate surface area is 196 Å². The number of halogens is 1. The second-order valence-electron chi connectivity index (χ2n) is 8.62. The first-order chi connectivity index (χ1) is 16.2. The van der Waals surface area contributed by atoms with Gasteiger partial charge in [-0.3, -0.25) is 9.78 Å². The highest BCUT2D eigenvalue weighted by molar-refractivity contribution is 7.89. The molecule has 1 saturated heterocycles. The van der Waals surface area contributed by atoms with Crippen molar-refractivity contribution >= 4 is 27.3 Å². The number of aryl methyl sites for hydroxylation is 2. The monoisotopic (exact) mass is 485 g/mol. The summed E-state index contributed by atoms with van der Waals surface area (Å²) in [4.78, 5) is 19.2. The Morgan fingerprint density at radius 2 is 2.12 bits per heavy atom. The van der Waals surface area contributed by atoms with Crippen LogP contribution in [0.15, 0.2) is 53.8 Å². The van der Waals surface area contributed by atoms with Crippen LogP contribution in [0, 0.1) is 18.7 Å². The van der Waals surface area contributed by atoms with Crippen LogP contribution in [0.2, 0.25) is 0 Å². The third-order valence-electron chi connectivity index (χ3n) is 6.22. The van der Waals surface area contributed by atoms with Crippen molar-refractivity contribution in [1.29, 1.82) is 0 Å². The topological polar surface area (TPSA) is 106 Å². The van der Waals surface area contributed by atoms with Gasteiger partial charge < -0.3 is 19.5 Å². The van der Waals surface area contributed by atoms with Gasteiger partial charge in [0, 0.05) is 50.2 Å². The fourth-order valence-corrected chi connectivity index (χ4v) is 5.95. The minimum atomic E-state index is -3.95. The van der Waals surface area contributed by atoms with Gasteiger partial charge in [-0.15, -0.1) is 0 Å². The molecule has 11 heteroatoms. The highest BCUT2D eigenvalue weighted by Gasteiger charge is 2.41. The van der Waals surface area contributed by atoms with Crippen LogP contribution in [0.25, 0.3) is 0 Å². The molecule has 1 fully saturated rings. The van der Waals surface area contributed by atoms with E-state index in [-0.39, 0.29) is 40.7 Å². The summed E-state index contributed by atoms with van der Waals surface area (Å²) < 4.78 is 50.3. The average Bonchev–Trinajstić information content (AvgIpc) is 3.35. The quantitative estimate of drug-likeness (QED) is 0.590. The van der Waals surface area contributed by atoms with Crippen LogP contribution >= 0.6 is 0 Å². The maximum atomic E-state index is 13.6. The molecule has 0 bridgehead atoms. The van der Waals surface area contributed by atoms with Crippen molar-refractivity contribution in [1.82, 2.24) is 14.3 Å². The van der Waals surface area contributed by atoms with Crippen LogP contribution in [0.5, 0.6) is 5.75 Å². The SMILES string of the molecule is Cc1cc(NC(=O)c2c3c(cn2C)S(=O)(=O)NC2CN(c4cccnc4)CC2CO3)ccc1F. The molecule has 1 aromatic carbocycles. The standard InChI is InChI=1S/C23H24FN5O4S/c1-14-8-16(5-6-18(14)24)26-23(30)21-22-20(12-28(21)2)34(31,32)27-19-11-29(10-15(19)13-33-22)17-4-3-7-25-9-17/h3-9,12,15,19,27H,10-11,13H2,1-2H3,(H,26,30). The van der Waals surface area contributed by atoms with E-state index in [0.717, 1.165) is 5.69 Å². The van der Waals surface area contributed by atoms with Crippen LogP contribution in [-0.2, 0) is 17.1 Å². The van der Waals surface area contributed by atoms with Crippen molar-refractivity contribution in [3.05, 3.63) is 66.0 Å². The molecule has 2 atom stereocenters. The number of rotatable bonds is 3. The van der Waals surface area contributed by atoms with E-state index in [4.69, 9.17) is 4.74 Å². The Balaban J connectivity index is 1.44. The fourth-order valence-electron chi connectivity index (χ4n) is 4.46. The van der Waals surface area contributed by atoms with E-state index in [9.17, 15) is 17.6 Å². The van der Waals surface area contributed by atoms with E-state index in [1.807, 2.05) is 12.1 Å². The second kappa shape index (κ2) is 8.41. The highest BCUT2D eigenvalue weighted by atomic mass is 32.2. The number of sulfonamides is 1. The van der Waals surface area contributed by atoms with E-state index in [1.54, 1.807) is 26.4 Å². The molecule has 2 unspecified atom stereocenters. The Kier molecular flexibility index (Phi) is 5.53. The van der Waals surface area contributed by atoms with Crippen LogP contribution in [0.3, 0.4) is 0 Å². The van der Waals surface area contributed by atoms with Crippen molar-refractivity contribution < 1.29 is 22.3 Å². The van der Waals surface area contributed by atoms with E-state index >= 15 is 0 Å². The lowest BCUT2D eigenvalue weighted by molar-refractivity contribution is 0.101. The van der Waals surface area contributed by atoms with Crippen molar-refractivity contribution in [3.8, 4) is 5.75 Å². The number of fused-ring (bicyclic) bond motifs is 2. The van der Waals surface area contributed by atoms with Gasteiger partial charge in [-0.25, -0.2) is 17.5 Å². The van der Waals surface area contributed by atoms with Gasteiger partial charge in [0.05, 0.1) is 18.5 Å². The number of aromatic nitrogens is 2. The number of hydrogen-bond acceptors (Lipinski definition) is 6. The fraction of sp³-hybridized carbons (Fsp3) is 0.304. The third kappa shape index (κ3) is 4.01. The number of nitrogens with zero attached hydrogens (tertiary/aromatic N) is 3. The van der Waals surface area contributed by atoms with E-state index in [0.29, 0.717) is 24.3 Å². The molecule has 2 N–H and O–H groups in total. The van der Waals surface area contributed by atoms with Crippen molar-refractivity contribution in [2.24, 2.45) is 13.0 Å². The first-order valence-corrected chi connectivity index (χ1v) is 12.3. The number of ether oxygens (including phenoxy) is 1. The molecule has 178 valence electrons. The summed E-state index contributed by atoms with van der Waals surface area (Å²) in [5, 5.41) is 2.70. The molecule has 2 aliphatic heterocycles. The molecule has 0 radical (unpaired) electrons. The molecule has 0 saturated carbocycles. The first-order valence-electron chi connectivity index (χ1n) is 10.8. The van der Waals surface area contributed by atoms with Crippen LogP contribution in [-0.4, -0.2) is 49.6 Å². The molecular weight excluding hydrogens is 461 g/mol. The molecule has 9 nitrogen and oxygen atoms in total. The van der Waals surface area contributed by atoms with Gasteiger partial charge in [-0.05, 0) is 42.8 Å². The van der Waals surface area contributed by atoms with E-state index < -0.39 is 15.9 Å². The molecule has 0 spiro atoms. The number of hydrogen-bond donors (Lipinski definition) is 2. The van der Waals surface area contributed by atoms with Gasteiger partial charge in [0.15, 0.2) is 11.4 Å². The number of amides is 1. The molecule has 5 rings (SSSR count). The number of carbonyl (C=O) groups is 1. The molecule has 0 aliphatic carbocycles. The van der Waals surface area contributed by atoms with Gasteiger partial charge in [-0.2, -0.15) is 0 Å². The maximum Gasteiger partial charge on any atom is 0.276 e. The second-order valence-corrected chi connectivity index (χ2v) is 10.3. The summed E-state index contributed by atoms with van der Waals surface area (Å²) >= 11 is 0. The van der Waals surface area contributed by atoms with Crippen molar-refractivity contribution in [2.45, 2.75) is 17.9 Å². The Hall–Kier alpha value is -3.44. The Morgan fingerprint density at radius 3 is 2.85 bits per heavy atom. The zero-order valence-corrected chi connectivity index (χ0v) is 19.5. The lowest BCUT2D eigenvalue weighted by atomic mass is 10.1. The lowest BCUT2D eigenvalue weighted by Gasteiger charge is -2.23. The predicted octanol–water partition coefficient (Wildman–Crippen LogP) is 2.30. The maximum absolute atomic E-state index is 13.6. The third-order valence-corrected chi connectivity index (χ3v) is 7.71. The predicted molar refractivity (Wildman–Crippen MR) is 124 cm³/mol. The summed E-state index contributed by atoms with van der Waals surface area (Å²) in [6.45, 7) is 2.89. The smallest absolute Gasteiger partial charge is 0.276 e. The van der Waals surface area contributed by atoms with Gasteiger partial charge in [0.1, 0.15) is 10.7 Å². The van der Waals surface area contributed by atoms with Gasteiger partial charge in [-0.1, -0.05) is 0 Å². The number of carbonyl (C=O) groups excluding carboxylic acids is 1. The molecule has 2 aromatic heterocycles. The minimum Gasteiger partial charge on any atom is -0.489 e. The zero-order chi connectivity index (χ0) is 24.0. The molecule has 1 amide bonds. The molecule has 34 heavy (non-hydrogen) atoms. The van der Waals surface area contributed by atoms with Crippen molar-refractivity contribution in [3.63, 3.8) is 0 Å². The zero-order valence-electron chi connectivity index (χ0n) is 18.7. The molecule has 2 aliphatic rings. The van der Waals surface area contributed by atoms with Gasteiger partial charge in [0.2, 0.25) is 10.0 Å². The summed E-state index contributed by atoms with van der Waals surface area (Å²) in [5.74, 6) is -1.05. The number of pyridine rings is 1. The molecule has 4 heterocycles. The summed E-state index contributed by atoms with van der Waals surface area (Å²) in [7, 11) is -2.37. The first kappa shape index (κ1) is 22.4. The van der Waals surface area contributed by atoms with Crippen molar-refractivity contribution in [2.75, 3.05) is 29.9 Å². The van der Waals surface area contributed by atoms with E-state index in [1.165, 1.54) is 29.0 Å². The van der Waals surface area contributed by atoms with Gasteiger partial charge >= 0.3 is 0 Å². The largest absolute Gasteiger partial charge is 0.489 e. The summed E-state index contributed by atoms with van der Waals surface area (Å²) in [5.41, 5.74) is 1.76. The number of benzene rings is 1. The summed E-state index contributed by atoms with van der Waals surface area (Å²) in [6, 6.07) is 7.63. The number of nitrogens with one attached hydrogen (secondary N) is 2. The van der Waals surface area contributed by atoms with Crippen LogP contribution in [0.1, 0.15) is 16.1 Å². The minimum absolute atomic E-state index is 0.00427. The lowest BCUT2D eigenvalue weighted by Crippen LogP contribution is -2.43. The Bertz CT molecular complexity index is 1360. The Morgan fingerprint density at radius 1 is 1.29 bits per heavy atom. The van der Waals surface area contributed by atoms with Gasteiger partial charge in [0.25, 0.3) is 5.91 Å². The highest BCUT2D eigenvalue weighted by Crippen LogP contribution is 2.35.